The SMILES string of the molecule is CC[C@@H](C(=O)NCC(C)C)N(Cc1ccc(OC)cc1)C(=O)CN(c1cccc(C)c1C)S(=O)(=O)c1ccccc1. The standard InChI is InChI=1S/C32H41N3O5S/c1-7-29(32(37)33-20-23(2)3)34(21-26-16-18-27(40-6)19-17-26)31(36)22-35(30-15-11-12-24(4)25(30)5)41(38,39)28-13-9-8-10-14-28/h8-19,23,29H,7,20-22H2,1-6H3,(H,33,37)/t29-/m0/s1. The summed E-state index contributed by atoms with van der Waals surface area (Å²) in [6.07, 6.45) is 0.362. The predicted molar refractivity (Wildman–Crippen MR) is 162 cm³/mol. The number of ether oxygens (including phenoxy) is 1. The summed E-state index contributed by atoms with van der Waals surface area (Å²) >= 11 is 0. The van der Waals surface area contributed by atoms with E-state index in [9.17, 15) is 18.0 Å². The van der Waals surface area contributed by atoms with Crippen LogP contribution in [0.25, 0.3) is 0 Å². The number of hydrogen-bond acceptors (Lipinski definition) is 5. The number of anilines is 1. The van der Waals surface area contributed by atoms with Gasteiger partial charge in [-0.05, 0) is 73.2 Å². The van der Waals surface area contributed by atoms with Crippen LogP contribution in [0.4, 0.5) is 5.69 Å². The molecule has 0 unspecified atom stereocenters. The Morgan fingerprint density at radius 3 is 2.17 bits per heavy atom. The molecular formula is C32H41N3O5S. The third-order valence-electron chi connectivity index (χ3n) is 7.04. The van der Waals surface area contributed by atoms with Crippen molar-refractivity contribution in [2.75, 3.05) is 24.5 Å². The van der Waals surface area contributed by atoms with Crippen molar-refractivity contribution in [3.05, 3.63) is 89.5 Å². The van der Waals surface area contributed by atoms with E-state index in [-0.39, 0.29) is 23.3 Å². The minimum atomic E-state index is -4.11. The summed E-state index contributed by atoms with van der Waals surface area (Å²) in [5, 5.41) is 2.95. The number of nitrogens with one attached hydrogen (secondary N) is 1. The first-order valence-electron chi connectivity index (χ1n) is 13.8. The quantitative estimate of drug-likeness (QED) is 0.305. The summed E-state index contributed by atoms with van der Waals surface area (Å²) in [5.41, 5.74) is 2.86. The first kappa shape index (κ1) is 31.7. The van der Waals surface area contributed by atoms with Crippen LogP contribution in [0.2, 0.25) is 0 Å². The number of amides is 2. The van der Waals surface area contributed by atoms with Crippen LogP contribution in [-0.4, -0.2) is 51.4 Å². The summed E-state index contributed by atoms with van der Waals surface area (Å²) in [7, 11) is -2.53. The smallest absolute Gasteiger partial charge is 0.264 e. The maximum atomic E-state index is 14.2. The van der Waals surface area contributed by atoms with Gasteiger partial charge in [0.2, 0.25) is 11.8 Å². The summed E-state index contributed by atoms with van der Waals surface area (Å²) in [6.45, 7) is 9.71. The van der Waals surface area contributed by atoms with Crippen molar-refractivity contribution in [2.24, 2.45) is 5.92 Å². The van der Waals surface area contributed by atoms with Crippen LogP contribution in [0.3, 0.4) is 0 Å². The van der Waals surface area contributed by atoms with Crippen molar-refractivity contribution < 1.29 is 22.7 Å². The van der Waals surface area contributed by atoms with Crippen LogP contribution in [0.5, 0.6) is 5.75 Å². The van der Waals surface area contributed by atoms with Gasteiger partial charge in [0.15, 0.2) is 0 Å². The van der Waals surface area contributed by atoms with Gasteiger partial charge < -0.3 is 15.0 Å². The van der Waals surface area contributed by atoms with Crippen LogP contribution in [0.15, 0.2) is 77.7 Å². The minimum absolute atomic E-state index is 0.0807. The van der Waals surface area contributed by atoms with Gasteiger partial charge >= 0.3 is 0 Å². The van der Waals surface area contributed by atoms with Crippen molar-refractivity contribution in [3.8, 4) is 5.75 Å². The molecule has 41 heavy (non-hydrogen) atoms. The van der Waals surface area contributed by atoms with E-state index in [1.54, 1.807) is 49.6 Å². The molecule has 0 spiro atoms. The molecule has 8 nitrogen and oxygen atoms in total. The predicted octanol–water partition coefficient (Wildman–Crippen LogP) is 5.09. The minimum Gasteiger partial charge on any atom is -0.497 e. The van der Waals surface area contributed by atoms with E-state index in [0.29, 0.717) is 24.4 Å². The van der Waals surface area contributed by atoms with Crippen LogP contribution in [0.1, 0.15) is 43.9 Å². The summed E-state index contributed by atoms with van der Waals surface area (Å²) in [4.78, 5) is 29.1. The molecule has 0 aromatic heterocycles. The second-order valence-electron chi connectivity index (χ2n) is 10.5. The van der Waals surface area contributed by atoms with Crippen LogP contribution in [-0.2, 0) is 26.2 Å². The molecule has 2 amide bonds. The topological polar surface area (TPSA) is 96.0 Å². The number of rotatable bonds is 13. The highest BCUT2D eigenvalue weighted by molar-refractivity contribution is 7.92. The van der Waals surface area contributed by atoms with Gasteiger partial charge in [0.1, 0.15) is 18.3 Å². The molecule has 3 aromatic carbocycles. The van der Waals surface area contributed by atoms with Crippen molar-refractivity contribution in [3.63, 3.8) is 0 Å². The average molecular weight is 580 g/mol. The van der Waals surface area contributed by atoms with E-state index >= 15 is 0 Å². The lowest BCUT2D eigenvalue weighted by molar-refractivity contribution is -0.140. The molecule has 3 aromatic rings. The molecule has 0 aliphatic carbocycles. The molecular weight excluding hydrogens is 538 g/mol. The fourth-order valence-corrected chi connectivity index (χ4v) is 6.00. The largest absolute Gasteiger partial charge is 0.497 e. The maximum absolute atomic E-state index is 14.2. The molecule has 1 atom stereocenters. The van der Waals surface area contributed by atoms with Crippen molar-refractivity contribution in [1.29, 1.82) is 0 Å². The summed E-state index contributed by atoms with van der Waals surface area (Å²) in [5.74, 6) is 0.154. The Balaban J connectivity index is 2.07. The number of nitrogens with zero attached hydrogens (tertiary/aromatic N) is 2. The number of carbonyl (C=O) groups is 2. The monoisotopic (exact) mass is 579 g/mol. The zero-order chi connectivity index (χ0) is 30.2. The molecule has 0 aliphatic heterocycles. The van der Waals surface area contributed by atoms with Crippen LogP contribution < -0.4 is 14.4 Å². The van der Waals surface area contributed by atoms with Gasteiger partial charge in [-0.2, -0.15) is 0 Å². The third kappa shape index (κ3) is 7.88. The summed E-state index contributed by atoms with van der Waals surface area (Å²) in [6, 6.07) is 19.9. The molecule has 0 saturated carbocycles. The van der Waals surface area contributed by atoms with Gasteiger partial charge in [0, 0.05) is 13.1 Å². The number of sulfonamides is 1. The van der Waals surface area contributed by atoms with Crippen molar-refractivity contribution >= 4 is 27.5 Å². The van der Waals surface area contributed by atoms with Crippen LogP contribution in [0, 0.1) is 19.8 Å². The molecule has 0 bridgehead atoms. The molecule has 220 valence electrons. The normalized spacial score (nSPS) is 12.1. The highest BCUT2D eigenvalue weighted by Gasteiger charge is 2.34. The molecule has 0 radical (unpaired) electrons. The highest BCUT2D eigenvalue weighted by atomic mass is 32.2. The number of benzene rings is 3. The van der Waals surface area contributed by atoms with E-state index in [2.05, 4.69) is 5.32 Å². The van der Waals surface area contributed by atoms with Crippen molar-refractivity contribution in [1.82, 2.24) is 10.2 Å². The van der Waals surface area contributed by atoms with Crippen molar-refractivity contribution in [2.45, 2.75) is 58.5 Å². The summed E-state index contributed by atoms with van der Waals surface area (Å²) < 4.78 is 34.4. The van der Waals surface area contributed by atoms with Crippen LogP contribution >= 0.6 is 0 Å². The van der Waals surface area contributed by atoms with E-state index in [0.717, 1.165) is 21.0 Å². The second-order valence-corrected chi connectivity index (χ2v) is 12.3. The molecule has 9 heteroatoms. The molecule has 1 N–H and O–H groups in total. The van der Waals surface area contributed by atoms with Gasteiger partial charge in [-0.15, -0.1) is 0 Å². The van der Waals surface area contributed by atoms with E-state index < -0.39 is 28.5 Å². The third-order valence-corrected chi connectivity index (χ3v) is 8.81. The molecule has 0 saturated heterocycles. The lowest BCUT2D eigenvalue weighted by Gasteiger charge is -2.34. The van der Waals surface area contributed by atoms with E-state index in [1.165, 1.54) is 17.0 Å². The maximum Gasteiger partial charge on any atom is 0.264 e. The Kier molecular flexibility index (Phi) is 10.9. The van der Waals surface area contributed by atoms with E-state index in [4.69, 9.17) is 4.74 Å². The number of methoxy groups -OCH3 is 1. The Hall–Kier alpha value is -3.85. The number of carbonyl (C=O) groups excluding carboxylic acids is 2. The molecule has 0 aliphatic rings. The first-order valence-corrected chi connectivity index (χ1v) is 15.3. The van der Waals surface area contributed by atoms with E-state index in [1.807, 2.05) is 52.8 Å². The molecule has 0 fully saturated rings. The van der Waals surface area contributed by atoms with Gasteiger partial charge in [-0.25, -0.2) is 8.42 Å². The van der Waals surface area contributed by atoms with Gasteiger partial charge in [0.25, 0.3) is 10.0 Å². The number of aryl methyl sites for hydroxylation is 1. The zero-order valence-corrected chi connectivity index (χ0v) is 25.6. The Labute approximate surface area is 244 Å². The van der Waals surface area contributed by atoms with Gasteiger partial charge in [0.05, 0.1) is 17.7 Å². The fraction of sp³-hybridized carbons (Fsp3) is 0.375. The number of hydrogen-bond donors (Lipinski definition) is 1. The Morgan fingerprint density at radius 2 is 1.59 bits per heavy atom. The first-order chi connectivity index (χ1) is 19.5. The lowest BCUT2D eigenvalue weighted by atomic mass is 10.1. The second kappa shape index (κ2) is 14.2. The van der Waals surface area contributed by atoms with Gasteiger partial charge in [-0.1, -0.05) is 63.2 Å². The Bertz CT molecular complexity index is 1420. The zero-order valence-electron chi connectivity index (χ0n) is 24.8. The fourth-order valence-electron chi connectivity index (χ4n) is 4.51. The van der Waals surface area contributed by atoms with Gasteiger partial charge in [-0.3, -0.25) is 13.9 Å². The average Bonchev–Trinajstić information content (AvgIpc) is 2.97. The molecule has 3 rings (SSSR count). The Morgan fingerprint density at radius 1 is 0.927 bits per heavy atom. The lowest BCUT2D eigenvalue weighted by Crippen LogP contribution is -2.52. The highest BCUT2D eigenvalue weighted by Crippen LogP contribution is 2.29. The molecule has 0 heterocycles.